The first-order valence-electron chi connectivity index (χ1n) is 8.85. The smallest absolute Gasteiger partial charge is 0.227 e. The van der Waals surface area contributed by atoms with Crippen LogP contribution < -0.4 is 14.7 Å². The predicted molar refractivity (Wildman–Crippen MR) is 101 cm³/mol. The first-order chi connectivity index (χ1) is 11.7. The van der Waals surface area contributed by atoms with Gasteiger partial charge in [0, 0.05) is 51.2 Å². The minimum Gasteiger partial charge on any atom is -0.368 e. The van der Waals surface area contributed by atoms with Gasteiger partial charge in [-0.25, -0.2) is 4.98 Å². The van der Waals surface area contributed by atoms with Crippen molar-refractivity contribution < 1.29 is 0 Å². The average Bonchev–Trinajstić information content (AvgIpc) is 2.63. The fourth-order valence-corrected chi connectivity index (χ4v) is 3.20. The summed E-state index contributed by atoms with van der Waals surface area (Å²) in [4.78, 5) is 16.3. The summed E-state index contributed by atoms with van der Waals surface area (Å²) >= 11 is 0. The van der Waals surface area contributed by atoms with Gasteiger partial charge in [0.25, 0.3) is 0 Å². The summed E-state index contributed by atoms with van der Waals surface area (Å²) in [5, 5.41) is 0. The van der Waals surface area contributed by atoms with Gasteiger partial charge in [-0.3, -0.25) is 0 Å². The zero-order valence-corrected chi connectivity index (χ0v) is 14.9. The summed E-state index contributed by atoms with van der Waals surface area (Å²) in [5.74, 6) is 1.87. The lowest BCUT2D eigenvalue weighted by atomic mass is 10.2. The molecule has 1 aromatic heterocycles. The van der Waals surface area contributed by atoms with E-state index in [0.29, 0.717) is 0 Å². The summed E-state index contributed by atoms with van der Waals surface area (Å²) < 4.78 is 0. The zero-order valence-electron chi connectivity index (χ0n) is 14.9. The normalized spacial score (nSPS) is 14.8. The van der Waals surface area contributed by atoms with Crippen molar-refractivity contribution in [3.05, 3.63) is 42.1 Å². The molecule has 0 aliphatic carbocycles. The first-order valence-corrected chi connectivity index (χ1v) is 8.85. The van der Waals surface area contributed by atoms with Crippen LogP contribution in [0.1, 0.15) is 19.4 Å². The standard InChI is InChI=1S/C19H27N5/c1-4-22(5-2)18-9-10-20-19(21-18)24-13-11-23(12-14-24)17-8-6-7-16(3)15-17/h6-10,15H,4-5,11-14H2,1-3H3. The summed E-state index contributed by atoms with van der Waals surface area (Å²) in [6.07, 6.45) is 1.88. The fraction of sp³-hybridized carbons (Fsp3) is 0.474. The molecule has 0 amide bonds. The van der Waals surface area contributed by atoms with Gasteiger partial charge in [0.2, 0.25) is 5.95 Å². The van der Waals surface area contributed by atoms with Gasteiger partial charge in [0.15, 0.2) is 0 Å². The minimum atomic E-state index is 0.850. The number of aromatic nitrogens is 2. The van der Waals surface area contributed by atoms with E-state index in [9.17, 15) is 0 Å². The maximum Gasteiger partial charge on any atom is 0.227 e. The molecule has 0 N–H and O–H groups in total. The van der Waals surface area contributed by atoms with Crippen LogP contribution in [0.15, 0.2) is 36.5 Å². The van der Waals surface area contributed by atoms with Crippen molar-refractivity contribution in [2.24, 2.45) is 0 Å². The molecule has 0 unspecified atom stereocenters. The highest BCUT2D eigenvalue weighted by Crippen LogP contribution is 2.20. The number of anilines is 3. The van der Waals surface area contributed by atoms with Gasteiger partial charge in [0.05, 0.1) is 0 Å². The number of nitrogens with zero attached hydrogens (tertiary/aromatic N) is 5. The molecule has 3 rings (SSSR count). The molecule has 2 heterocycles. The van der Waals surface area contributed by atoms with Crippen LogP contribution in [-0.2, 0) is 0 Å². The molecular weight excluding hydrogens is 298 g/mol. The van der Waals surface area contributed by atoms with Crippen molar-refractivity contribution in [2.75, 3.05) is 54.0 Å². The average molecular weight is 325 g/mol. The van der Waals surface area contributed by atoms with Crippen LogP contribution in [0.3, 0.4) is 0 Å². The molecule has 1 aliphatic heterocycles. The highest BCUT2D eigenvalue weighted by molar-refractivity contribution is 5.51. The summed E-state index contributed by atoms with van der Waals surface area (Å²) in [5.41, 5.74) is 2.62. The van der Waals surface area contributed by atoms with E-state index in [4.69, 9.17) is 4.98 Å². The largest absolute Gasteiger partial charge is 0.368 e. The Bertz CT molecular complexity index is 660. The van der Waals surface area contributed by atoms with Gasteiger partial charge in [-0.2, -0.15) is 4.98 Å². The molecule has 1 aromatic carbocycles. The highest BCUT2D eigenvalue weighted by Gasteiger charge is 2.20. The molecule has 24 heavy (non-hydrogen) atoms. The molecular formula is C19H27N5. The fourth-order valence-electron chi connectivity index (χ4n) is 3.20. The molecule has 0 atom stereocenters. The summed E-state index contributed by atoms with van der Waals surface area (Å²) in [7, 11) is 0. The van der Waals surface area contributed by atoms with E-state index in [1.165, 1.54) is 11.3 Å². The Morgan fingerprint density at radius 1 is 1.00 bits per heavy atom. The van der Waals surface area contributed by atoms with E-state index in [1.807, 2.05) is 12.3 Å². The number of piperazine rings is 1. The molecule has 0 spiro atoms. The zero-order chi connectivity index (χ0) is 16.9. The van der Waals surface area contributed by atoms with E-state index >= 15 is 0 Å². The van der Waals surface area contributed by atoms with E-state index in [0.717, 1.165) is 51.0 Å². The van der Waals surface area contributed by atoms with Crippen LogP contribution in [0.25, 0.3) is 0 Å². The van der Waals surface area contributed by atoms with Crippen molar-refractivity contribution in [3.63, 3.8) is 0 Å². The Balaban J connectivity index is 1.67. The van der Waals surface area contributed by atoms with Crippen LogP contribution in [-0.4, -0.2) is 49.2 Å². The summed E-state index contributed by atoms with van der Waals surface area (Å²) in [6.45, 7) is 12.3. The highest BCUT2D eigenvalue weighted by atomic mass is 15.3. The molecule has 2 aromatic rings. The van der Waals surface area contributed by atoms with Gasteiger partial charge < -0.3 is 14.7 Å². The maximum absolute atomic E-state index is 4.77. The van der Waals surface area contributed by atoms with E-state index < -0.39 is 0 Å². The van der Waals surface area contributed by atoms with Crippen molar-refractivity contribution in [1.82, 2.24) is 9.97 Å². The molecule has 1 saturated heterocycles. The topological polar surface area (TPSA) is 35.5 Å². The predicted octanol–water partition coefficient (Wildman–Crippen LogP) is 2.96. The minimum absolute atomic E-state index is 0.850. The third kappa shape index (κ3) is 3.61. The Kier molecular flexibility index (Phi) is 5.18. The number of hydrogen-bond donors (Lipinski definition) is 0. The molecule has 0 radical (unpaired) electrons. The van der Waals surface area contributed by atoms with Gasteiger partial charge in [-0.05, 0) is 44.5 Å². The van der Waals surface area contributed by atoms with Gasteiger partial charge in [0.1, 0.15) is 5.82 Å². The van der Waals surface area contributed by atoms with Crippen LogP contribution in [0, 0.1) is 6.92 Å². The third-order valence-corrected chi connectivity index (χ3v) is 4.64. The Morgan fingerprint density at radius 2 is 1.71 bits per heavy atom. The SMILES string of the molecule is CCN(CC)c1ccnc(N2CCN(c3cccc(C)c3)CC2)n1. The van der Waals surface area contributed by atoms with Crippen molar-refractivity contribution in [1.29, 1.82) is 0 Å². The lowest BCUT2D eigenvalue weighted by Crippen LogP contribution is -2.47. The molecule has 1 fully saturated rings. The molecule has 0 saturated carbocycles. The van der Waals surface area contributed by atoms with Crippen LogP contribution in [0.5, 0.6) is 0 Å². The Hall–Kier alpha value is -2.30. The molecule has 128 valence electrons. The Morgan fingerprint density at radius 3 is 2.38 bits per heavy atom. The number of aryl methyl sites for hydroxylation is 1. The Labute approximate surface area is 144 Å². The monoisotopic (exact) mass is 325 g/mol. The van der Waals surface area contributed by atoms with E-state index in [1.54, 1.807) is 0 Å². The number of hydrogen-bond acceptors (Lipinski definition) is 5. The van der Waals surface area contributed by atoms with Crippen LogP contribution in [0.2, 0.25) is 0 Å². The molecule has 0 bridgehead atoms. The second kappa shape index (κ2) is 7.51. The number of benzene rings is 1. The molecule has 5 nitrogen and oxygen atoms in total. The van der Waals surface area contributed by atoms with E-state index in [2.05, 4.69) is 64.7 Å². The quantitative estimate of drug-likeness (QED) is 0.844. The third-order valence-electron chi connectivity index (χ3n) is 4.64. The van der Waals surface area contributed by atoms with Crippen LogP contribution >= 0.6 is 0 Å². The molecule has 5 heteroatoms. The van der Waals surface area contributed by atoms with Crippen molar-refractivity contribution in [3.8, 4) is 0 Å². The first kappa shape index (κ1) is 16.6. The lowest BCUT2D eigenvalue weighted by molar-refractivity contribution is 0.639. The second-order valence-corrected chi connectivity index (χ2v) is 6.20. The van der Waals surface area contributed by atoms with Gasteiger partial charge >= 0.3 is 0 Å². The van der Waals surface area contributed by atoms with Crippen LogP contribution in [0.4, 0.5) is 17.5 Å². The maximum atomic E-state index is 4.77. The number of rotatable bonds is 5. The lowest BCUT2D eigenvalue weighted by Gasteiger charge is -2.36. The van der Waals surface area contributed by atoms with Gasteiger partial charge in [-0.15, -0.1) is 0 Å². The van der Waals surface area contributed by atoms with E-state index in [-0.39, 0.29) is 0 Å². The van der Waals surface area contributed by atoms with Crippen molar-refractivity contribution in [2.45, 2.75) is 20.8 Å². The van der Waals surface area contributed by atoms with Gasteiger partial charge in [-0.1, -0.05) is 12.1 Å². The van der Waals surface area contributed by atoms with Crippen molar-refractivity contribution >= 4 is 17.5 Å². The summed E-state index contributed by atoms with van der Waals surface area (Å²) in [6, 6.07) is 10.7. The second-order valence-electron chi connectivity index (χ2n) is 6.20. The molecule has 1 aliphatic rings.